The fourth-order valence-corrected chi connectivity index (χ4v) is 4.42. The number of thioether (sulfide) groups is 1. The molecule has 0 saturated carbocycles. The Morgan fingerprint density at radius 3 is 2.67 bits per heavy atom. The summed E-state index contributed by atoms with van der Waals surface area (Å²) in [6.07, 6.45) is 0.809. The fraction of sp³-hybridized carbons (Fsp3) is 0.348. The monoisotopic (exact) mass is 425 g/mol. The molecule has 158 valence electrons. The molecule has 0 aliphatic carbocycles. The Hall–Kier alpha value is -2.64. The molecule has 7 heteroatoms. The van der Waals surface area contributed by atoms with Crippen molar-refractivity contribution < 1.29 is 14.3 Å². The Morgan fingerprint density at radius 1 is 1.20 bits per heavy atom. The number of benzene rings is 2. The average molecular weight is 426 g/mol. The van der Waals surface area contributed by atoms with Crippen LogP contribution in [0.15, 0.2) is 53.5 Å². The summed E-state index contributed by atoms with van der Waals surface area (Å²) >= 11 is 1.35. The Balaban J connectivity index is 1.72. The van der Waals surface area contributed by atoms with Gasteiger partial charge in [0.2, 0.25) is 11.8 Å². The molecule has 1 aliphatic rings. The highest BCUT2D eigenvalue weighted by molar-refractivity contribution is 8.15. The number of rotatable bonds is 8. The lowest BCUT2D eigenvalue weighted by Crippen LogP contribution is -2.34. The molecule has 6 nitrogen and oxygen atoms in total. The van der Waals surface area contributed by atoms with Crippen LogP contribution in [0.2, 0.25) is 0 Å². The first-order valence-electron chi connectivity index (χ1n) is 9.95. The Bertz CT molecular complexity index is 931. The van der Waals surface area contributed by atoms with Crippen LogP contribution in [0, 0.1) is 13.8 Å². The van der Waals surface area contributed by atoms with Crippen molar-refractivity contribution in [2.45, 2.75) is 31.9 Å². The molecule has 1 aliphatic heterocycles. The van der Waals surface area contributed by atoms with Crippen LogP contribution in [0.5, 0.6) is 0 Å². The lowest BCUT2D eigenvalue weighted by molar-refractivity contribution is -0.128. The molecule has 0 aromatic heterocycles. The van der Waals surface area contributed by atoms with Crippen LogP contribution in [-0.4, -0.2) is 47.4 Å². The van der Waals surface area contributed by atoms with E-state index in [0.29, 0.717) is 24.7 Å². The molecule has 30 heavy (non-hydrogen) atoms. The number of carbonyl (C=O) groups is 2. The third-order valence-electron chi connectivity index (χ3n) is 4.76. The van der Waals surface area contributed by atoms with E-state index in [0.717, 1.165) is 22.5 Å². The number of methoxy groups -OCH3 is 1. The first-order valence-corrected chi connectivity index (χ1v) is 10.8. The zero-order valence-electron chi connectivity index (χ0n) is 17.6. The van der Waals surface area contributed by atoms with Gasteiger partial charge < -0.3 is 10.1 Å². The van der Waals surface area contributed by atoms with Gasteiger partial charge in [-0.05, 0) is 44.0 Å². The van der Waals surface area contributed by atoms with Crippen LogP contribution < -0.4 is 5.32 Å². The van der Waals surface area contributed by atoms with Crippen molar-refractivity contribution in [1.29, 1.82) is 0 Å². The number of carbonyl (C=O) groups excluding carboxylic acids is 2. The van der Waals surface area contributed by atoms with E-state index in [4.69, 9.17) is 4.74 Å². The molecule has 2 aromatic rings. The van der Waals surface area contributed by atoms with Gasteiger partial charge >= 0.3 is 0 Å². The Morgan fingerprint density at radius 2 is 1.97 bits per heavy atom. The highest BCUT2D eigenvalue weighted by Crippen LogP contribution is 2.32. The van der Waals surface area contributed by atoms with Crippen molar-refractivity contribution in [3.8, 4) is 0 Å². The molecule has 2 aromatic carbocycles. The molecule has 1 heterocycles. The van der Waals surface area contributed by atoms with E-state index >= 15 is 0 Å². The molecular formula is C23H27N3O3S. The number of aryl methyl sites for hydroxylation is 2. The van der Waals surface area contributed by atoms with Crippen molar-refractivity contribution in [1.82, 2.24) is 4.90 Å². The quantitative estimate of drug-likeness (QED) is 0.640. The molecule has 0 bridgehead atoms. The topological polar surface area (TPSA) is 71.0 Å². The fourth-order valence-electron chi connectivity index (χ4n) is 3.23. The molecule has 1 N–H and O–H groups in total. The number of anilines is 1. The zero-order valence-corrected chi connectivity index (χ0v) is 18.4. The predicted octanol–water partition coefficient (Wildman–Crippen LogP) is 4.30. The lowest BCUT2D eigenvalue weighted by Gasteiger charge is -2.16. The number of hydrogen-bond acceptors (Lipinski definition) is 5. The standard InChI is InChI=1S/C23H27N3O3S/c1-16-10-11-19(17(2)14-16)25-21(27)15-20-22(28)26(12-7-13-29-3)23(30-20)24-18-8-5-4-6-9-18/h4-6,8-11,14,20H,7,12-13,15H2,1-3H3,(H,25,27)/t20-/m0/s1. The largest absolute Gasteiger partial charge is 0.385 e. The minimum absolute atomic E-state index is 0.0819. The number of para-hydroxylation sites is 1. The number of ether oxygens (including phenoxy) is 1. The predicted molar refractivity (Wildman–Crippen MR) is 122 cm³/mol. The van der Waals surface area contributed by atoms with Gasteiger partial charge in [-0.15, -0.1) is 0 Å². The molecule has 1 atom stereocenters. The van der Waals surface area contributed by atoms with Crippen molar-refractivity contribution in [2.24, 2.45) is 4.99 Å². The van der Waals surface area contributed by atoms with Crippen molar-refractivity contribution >= 4 is 40.1 Å². The highest BCUT2D eigenvalue weighted by Gasteiger charge is 2.38. The number of hydrogen-bond donors (Lipinski definition) is 1. The molecule has 2 amide bonds. The third-order valence-corrected chi connectivity index (χ3v) is 5.93. The van der Waals surface area contributed by atoms with E-state index in [1.165, 1.54) is 11.8 Å². The molecule has 3 rings (SSSR count). The summed E-state index contributed by atoms with van der Waals surface area (Å²) in [7, 11) is 1.64. The van der Waals surface area contributed by atoms with Crippen LogP contribution in [0.25, 0.3) is 0 Å². The number of nitrogens with one attached hydrogen (secondary N) is 1. The first-order chi connectivity index (χ1) is 14.5. The van der Waals surface area contributed by atoms with Crippen LogP contribution in [-0.2, 0) is 14.3 Å². The number of amides is 2. The van der Waals surface area contributed by atoms with Gasteiger partial charge in [0.25, 0.3) is 0 Å². The molecule has 0 spiro atoms. The van der Waals surface area contributed by atoms with E-state index in [1.807, 2.05) is 62.4 Å². The Kier molecular flexibility index (Phi) is 7.65. The van der Waals surface area contributed by atoms with E-state index < -0.39 is 5.25 Å². The minimum Gasteiger partial charge on any atom is -0.385 e. The smallest absolute Gasteiger partial charge is 0.242 e. The van der Waals surface area contributed by atoms with Gasteiger partial charge in [0.1, 0.15) is 5.25 Å². The van der Waals surface area contributed by atoms with Gasteiger partial charge in [0, 0.05) is 32.4 Å². The van der Waals surface area contributed by atoms with E-state index in [2.05, 4.69) is 10.3 Å². The summed E-state index contributed by atoms with van der Waals surface area (Å²) in [6, 6.07) is 15.4. The first kappa shape index (κ1) is 22.1. The van der Waals surface area contributed by atoms with Gasteiger partial charge in [0.15, 0.2) is 5.17 Å². The van der Waals surface area contributed by atoms with Gasteiger partial charge in [-0.1, -0.05) is 47.7 Å². The number of aliphatic imine (C=N–C) groups is 1. The van der Waals surface area contributed by atoms with Gasteiger partial charge in [0.05, 0.1) is 5.69 Å². The number of amidine groups is 1. The van der Waals surface area contributed by atoms with Gasteiger partial charge in [-0.3, -0.25) is 14.5 Å². The van der Waals surface area contributed by atoms with Crippen molar-refractivity contribution in [2.75, 3.05) is 25.6 Å². The van der Waals surface area contributed by atoms with Gasteiger partial charge in [-0.2, -0.15) is 0 Å². The lowest BCUT2D eigenvalue weighted by atomic mass is 10.1. The average Bonchev–Trinajstić information content (AvgIpc) is 3.00. The maximum absolute atomic E-state index is 13.0. The SMILES string of the molecule is COCCCN1C(=O)[C@H](CC(=O)Nc2ccc(C)cc2C)SC1=Nc1ccccc1. The summed E-state index contributed by atoms with van der Waals surface area (Å²) in [5, 5.41) is 3.08. The Labute approximate surface area is 181 Å². The zero-order chi connectivity index (χ0) is 21.5. The van der Waals surface area contributed by atoms with Crippen LogP contribution in [0.1, 0.15) is 24.0 Å². The molecule has 1 saturated heterocycles. The van der Waals surface area contributed by atoms with Crippen LogP contribution in [0.4, 0.5) is 11.4 Å². The van der Waals surface area contributed by atoms with Gasteiger partial charge in [-0.25, -0.2) is 4.99 Å². The second-order valence-electron chi connectivity index (χ2n) is 7.24. The summed E-state index contributed by atoms with van der Waals surface area (Å²) in [4.78, 5) is 31.9. The summed E-state index contributed by atoms with van der Waals surface area (Å²) < 4.78 is 5.12. The summed E-state index contributed by atoms with van der Waals surface area (Å²) in [6.45, 7) is 5.05. The normalized spacial score (nSPS) is 17.6. The van der Waals surface area contributed by atoms with Crippen molar-refractivity contribution in [3.05, 3.63) is 59.7 Å². The maximum atomic E-state index is 13.0. The van der Waals surface area contributed by atoms with E-state index in [-0.39, 0.29) is 18.2 Å². The molecular weight excluding hydrogens is 398 g/mol. The van der Waals surface area contributed by atoms with Crippen molar-refractivity contribution in [3.63, 3.8) is 0 Å². The minimum atomic E-state index is -0.485. The van der Waals surface area contributed by atoms with E-state index in [9.17, 15) is 9.59 Å². The summed E-state index contributed by atoms with van der Waals surface area (Å²) in [5.41, 5.74) is 3.70. The highest BCUT2D eigenvalue weighted by atomic mass is 32.2. The molecule has 0 radical (unpaired) electrons. The second kappa shape index (κ2) is 10.4. The molecule has 1 fully saturated rings. The van der Waals surface area contributed by atoms with Crippen LogP contribution >= 0.6 is 11.8 Å². The number of nitrogens with zero attached hydrogens (tertiary/aromatic N) is 2. The second-order valence-corrected chi connectivity index (χ2v) is 8.41. The maximum Gasteiger partial charge on any atom is 0.242 e. The van der Waals surface area contributed by atoms with Crippen LogP contribution in [0.3, 0.4) is 0 Å². The summed E-state index contributed by atoms with van der Waals surface area (Å²) in [5.74, 6) is -0.257. The van der Waals surface area contributed by atoms with E-state index in [1.54, 1.807) is 12.0 Å². The third kappa shape index (κ3) is 5.70. The molecule has 0 unspecified atom stereocenters.